The number of nitrogens with one attached hydrogen (secondary N) is 1. The largest absolute Gasteiger partial charge is 0.478 e. The van der Waals surface area contributed by atoms with Crippen LogP contribution in [0.5, 0.6) is 23.0 Å². The Hall–Kier alpha value is -7.92. The van der Waals surface area contributed by atoms with Crippen molar-refractivity contribution < 1.29 is 50.5 Å². The van der Waals surface area contributed by atoms with Gasteiger partial charge in [0.15, 0.2) is 11.5 Å². The Kier molecular flexibility index (Phi) is 14.7. The van der Waals surface area contributed by atoms with Gasteiger partial charge in [0.2, 0.25) is 0 Å². The molecule has 17 heteroatoms. The summed E-state index contributed by atoms with van der Waals surface area (Å²) in [6.45, 7) is 3.76. The van der Waals surface area contributed by atoms with Crippen LogP contribution in [0.25, 0.3) is 21.8 Å². The number of alkyl halides is 6. The Morgan fingerprint density at radius 3 is 1.43 bits per heavy atom. The highest BCUT2D eigenvalue weighted by Crippen LogP contribution is 2.35. The lowest BCUT2D eigenvalue weighted by molar-refractivity contribution is -0.138. The Balaban J connectivity index is 0.000000186. The summed E-state index contributed by atoms with van der Waals surface area (Å²) in [5.41, 5.74) is 7.02. The van der Waals surface area contributed by atoms with E-state index < -0.39 is 29.4 Å². The number of nitrogens with two attached hydrogens (primary N) is 1. The molecule has 4 aromatic carbocycles. The summed E-state index contributed by atoms with van der Waals surface area (Å²) in [4.78, 5) is 40.3. The smallest absolute Gasteiger partial charge is 0.416 e. The number of carbonyl (C=O) groups excluding carboxylic acids is 1. The zero-order chi connectivity index (χ0) is 46.7. The number of aromatic carboxylic acids is 1. The molecule has 4 heterocycles. The predicted octanol–water partition coefficient (Wildman–Crippen LogP) is 11.8. The van der Waals surface area contributed by atoms with Crippen LogP contribution in [0, 0.1) is 0 Å². The van der Waals surface area contributed by atoms with E-state index in [1.54, 1.807) is 60.9 Å². The molecular formula is C48H38F6N6O5. The molecular weight excluding hydrogens is 855 g/mol. The van der Waals surface area contributed by atoms with Crippen molar-refractivity contribution in [2.45, 2.75) is 38.3 Å². The third-order valence-electron chi connectivity index (χ3n) is 9.31. The fourth-order valence-electron chi connectivity index (χ4n) is 5.98. The van der Waals surface area contributed by atoms with E-state index in [0.717, 1.165) is 35.7 Å². The minimum absolute atomic E-state index is 0.0363. The van der Waals surface area contributed by atoms with Gasteiger partial charge in [0, 0.05) is 41.6 Å². The number of rotatable bonds is 9. The minimum Gasteiger partial charge on any atom is -0.478 e. The molecule has 0 aliphatic heterocycles. The first-order valence-electron chi connectivity index (χ1n) is 19.6. The highest BCUT2D eigenvalue weighted by molar-refractivity contribution is 5.98. The fraction of sp³-hybridized carbons (Fsp3) is 0.125. The van der Waals surface area contributed by atoms with E-state index in [-0.39, 0.29) is 35.1 Å². The van der Waals surface area contributed by atoms with Crippen molar-refractivity contribution in [1.29, 1.82) is 0 Å². The normalized spacial score (nSPS) is 12.1. The first-order valence-corrected chi connectivity index (χ1v) is 19.6. The number of aromatic nitrogens is 4. The summed E-state index contributed by atoms with van der Waals surface area (Å²) in [6, 6.07) is 32.9. The van der Waals surface area contributed by atoms with Gasteiger partial charge in [-0.1, -0.05) is 36.4 Å². The number of para-hydroxylation sites is 2. The monoisotopic (exact) mass is 892 g/mol. The van der Waals surface area contributed by atoms with Crippen molar-refractivity contribution in [2.24, 2.45) is 5.73 Å². The van der Waals surface area contributed by atoms with Gasteiger partial charge in [0.25, 0.3) is 5.91 Å². The molecule has 1 amide bonds. The number of fused-ring (bicyclic) bond motifs is 2. The Bertz CT molecular complexity index is 2870. The number of nitrogens with zero attached hydrogens (tertiary/aromatic N) is 4. The van der Waals surface area contributed by atoms with Crippen LogP contribution in [0.3, 0.4) is 0 Å². The van der Waals surface area contributed by atoms with Crippen LogP contribution in [0.2, 0.25) is 0 Å². The fourth-order valence-corrected chi connectivity index (χ4v) is 5.98. The van der Waals surface area contributed by atoms with Gasteiger partial charge in [-0.25, -0.2) is 4.79 Å². The van der Waals surface area contributed by atoms with Crippen molar-refractivity contribution >= 4 is 33.7 Å². The van der Waals surface area contributed by atoms with Crippen molar-refractivity contribution in [3.8, 4) is 23.0 Å². The van der Waals surface area contributed by atoms with Crippen LogP contribution in [0.4, 0.5) is 26.3 Å². The maximum Gasteiger partial charge on any atom is 0.416 e. The number of benzene rings is 4. The molecule has 65 heavy (non-hydrogen) atoms. The van der Waals surface area contributed by atoms with E-state index in [1.165, 1.54) is 42.7 Å². The van der Waals surface area contributed by atoms with Gasteiger partial charge in [-0.2, -0.15) is 26.3 Å². The molecule has 0 unspecified atom stereocenters. The molecule has 8 rings (SSSR count). The second-order valence-corrected chi connectivity index (χ2v) is 14.2. The van der Waals surface area contributed by atoms with Gasteiger partial charge in [0.05, 0.1) is 39.7 Å². The predicted molar refractivity (Wildman–Crippen MR) is 230 cm³/mol. The molecule has 4 aromatic heterocycles. The number of carboxylic acid groups (broad SMARTS) is 1. The van der Waals surface area contributed by atoms with Gasteiger partial charge < -0.3 is 25.6 Å². The lowest BCUT2D eigenvalue weighted by atomic mass is 10.1. The van der Waals surface area contributed by atoms with Gasteiger partial charge in [-0.3, -0.25) is 24.7 Å². The Labute approximate surface area is 367 Å². The van der Waals surface area contributed by atoms with Crippen LogP contribution in [0.15, 0.2) is 158 Å². The van der Waals surface area contributed by atoms with Crippen LogP contribution >= 0.6 is 0 Å². The summed E-state index contributed by atoms with van der Waals surface area (Å²) in [5, 5.41) is 13.1. The van der Waals surface area contributed by atoms with Gasteiger partial charge in [0.1, 0.15) is 22.5 Å². The minimum atomic E-state index is -4.41. The lowest BCUT2D eigenvalue weighted by Gasteiger charge is -2.14. The molecule has 8 aromatic rings. The highest BCUT2D eigenvalue weighted by atomic mass is 19.4. The zero-order valence-corrected chi connectivity index (χ0v) is 34.4. The van der Waals surface area contributed by atoms with Crippen LogP contribution in [-0.2, 0) is 12.4 Å². The second-order valence-electron chi connectivity index (χ2n) is 14.2. The summed E-state index contributed by atoms with van der Waals surface area (Å²) in [7, 11) is 0. The van der Waals surface area contributed by atoms with Gasteiger partial charge >= 0.3 is 18.3 Å². The Morgan fingerprint density at radius 2 is 1.03 bits per heavy atom. The number of carbonyl (C=O) groups is 2. The average molecular weight is 893 g/mol. The van der Waals surface area contributed by atoms with E-state index in [1.807, 2.05) is 44.2 Å². The number of hydrogen-bond acceptors (Lipinski definition) is 9. The summed E-state index contributed by atoms with van der Waals surface area (Å²) in [6.07, 6.45) is -2.78. The van der Waals surface area contributed by atoms with Crippen molar-refractivity contribution in [3.05, 3.63) is 192 Å². The van der Waals surface area contributed by atoms with Gasteiger partial charge in [-0.05, 0) is 111 Å². The number of ether oxygens (including phenoxy) is 2. The molecule has 11 nitrogen and oxygen atoms in total. The van der Waals surface area contributed by atoms with Crippen LogP contribution in [-0.4, -0.2) is 36.9 Å². The molecule has 0 bridgehead atoms. The molecule has 4 N–H and O–H groups in total. The summed E-state index contributed by atoms with van der Waals surface area (Å²) in [5.74, 6) is -0.233. The maximum atomic E-state index is 12.7. The summed E-state index contributed by atoms with van der Waals surface area (Å²) >= 11 is 0. The molecule has 0 radical (unpaired) electrons. The quantitative estimate of drug-likeness (QED) is 0.119. The lowest BCUT2D eigenvalue weighted by Crippen LogP contribution is -2.27. The van der Waals surface area contributed by atoms with E-state index in [4.69, 9.17) is 20.3 Å². The molecule has 0 saturated carbocycles. The van der Waals surface area contributed by atoms with Crippen molar-refractivity contribution in [2.75, 3.05) is 0 Å². The second kappa shape index (κ2) is 20.5. The number of halogens is 6. The van der Waals surface area contributed by atoms with Crippen LogP contribution < -0.4 is 20.5 Å². The SMILES string of the molecule is C[C@H](N)c1ccccn1.C[C@H](NC(=O)c1cnc2c(Oc3ccc(C(F)(F)F)cc3)cccc2c1)c1ccccn1.O=C(O)c1cnc2c(Oc3ccc(C(F)(F)F)cc3)cccc2c1. The summed E-state index contributed by atoms with van der Waals surface area (Å²) < 4.78 is 87.2. The first-order chi connectivity index (χ1) is 31.0. The Morgan fingerprint density at radius 1 is 0.585 bits per heavy atom. The maximum absolute atomic E-state index is 12.7. The first kappa shape index (κ1) is 46.6. The molecule has 0 spiro atoms. The van der Waals surface area contributed by atoms with E-state index in [0.29, 0.717) is 38.9 Å². The van der Waals surface area contributed by atoms with Crippen molar-refractivity contribution in [3.63, 3.8) is 0 Å². The molecule has 0 aliphatic rings. The van der Waals surface area contributed by atoms with E-state index in [9.17, 15) is 35.9 Å². The molecule has 332 valence electrons. The van der Waals surface area contributed by atoms with Crippen LogP contribution in [0.1, 0.15) is 69.2 Å². The standard InChI is InChI=1S/C24H18F3N3O2.C17H10F3NO3.C7H10N2/c1-15(20-6-2-3-12-28-20)30-23(31)17-13-16-5-4-7-21(22(16)29-14-17)32-19-10-8-18(9-11-19)24(25,26)27;18-17(19,20)12-4-6-13(7-5-12)24-14-3-1-2-10-8-11(16(22)23)9-21-15(10)14;1-6(8)7-4-2-3-5-9-7/h2-15H,1H3,(H,30,31);1-9H,(H,22,23);2-6H,8H2,1H3/t15-;;6-/m0.0/s1. The third kappa shape index (κ3) is 12.6. The highest BCUT2D eigenvalue weighted by Gasteiger charge is 2.31. The average Bonchev–Trinajstić information content (AvgIpc) is 3.29. The number of pyridine rings is 4. The zero-order valence-electron chi connectivity index (χ0n) is 34.4. The topological polar surface area (TPSA) is 162 Å². The number of carboxylic acids is 1. The molecule has 0 aliphatic carbocycles. The molecule has 0 fully saturated rings. The number of amides is 1. The molecule has 0 saturated heterocycles. The number of hydrogen-bond donors (Lipinski definition) is 3. The van der Waals surface area contributed by atoms with Gasteiger partial charge in [-0.15, -0.1) is 0 Å². The van der Waals surface area contributed by atoms with Crippen molar-refractivity contribution in [1.82, 2.24) is 25.3 Å². The van der Waals surface area contributed by atoms with E-state index in [2.05, 4.69) is 25.3 Å². The third-order valence-corrected chi connectivity index (χ3v) is 9.31. The van der Waals surface area contributed by atoms with E-state index >= 15 is 0 Å². The molecule has 2 atom stereocenters.